The molecule has 0 unspecified atom stereocenters. The average molecular weight is 330 g/mol. The third-order valence-corrected chi connectivity index (χ3v) is 3.11. The van der Waals surface area contributed by atoms with Gasteiger partial charge in [0.05, 0.1) is 0 Å². The highest BCUT2D eigenvalue weighted by Gasteiger charge is 2.08. The smallest absolute Gasteiger partial charge is 0.323 e. The fourth-order valence-electron chi connectivity index (χ4n) is 1.99. The molecule has 0 aliphatic rings. The van der Waals surface area contributed by atoms with Crippen LogP contribution in [0.2, 0.25) is 0 Å². The van der Waals surface area contributed by atoms with Crippen LogP contribution in [0.1, 0.15) is 5.89 Å². The Morgan fingerprint density at radius 3 is 2.29 bits per heavy atom. The molecule has 0 saturated heterocycles. The Hall–Kier alpha value is -3.29. The first-order chi connectivity index (χ1) is 11.5. The molecular formula is C16H12F2N4O2. The summed E-state index contributed by atoms with van der Waals surface area (Å²) in [6.45, 7) is 1.69. The number of nitrogens with zero attached hydrogens (tertiary/aromatic N) is 2. The van der Waals surface area contributed by atoms with Gasteiger partial charge in [-0.05, 0) is 36.4 Å². The molecule has 3 rings (SSSR count). The predicted molar refractivity (Wildman–Crippen MR) is 83.5 cm³/mol. The van der Waals surface area contributed by atoms with Gasteiger partial charge in [0.1, 0.15) is 0 Å². The zero-order valence-corrected chi connectivity index (χ0v) is 12.5. The van der Waals surface area contributed by atoms with Crippen molar-refractivity contribution < 1.29 is 18.1 Å². The lowest BCUT2D eigenvalue weighted by atomic mass is 10.2. The second-order valence-corrected chi connectivity index (χ2v) is 4.92. The molecule has 2 amide bonds. The van der Waals surface area contributed by atoms with Gasteiger partial charge in [0.2, 0.25) is 11.7 Å². The molecule has 1 aromatic heterocycles. The van der Waals surface area contributed by atoms with Gasteiger partial charge in [-0.15, -0.1) is 0 Å². The van der Waals surface area contributed by atoms with E-state index in [0.29, 0.717) is 17.4 Å². The molecule has 24 heavy (non-hydrogen) atoms. The number of hydrogen-bond acceptors (Lipinski definition) is 4. The first kappa shape index (κ1) is 15.6. The largest absolute Gasteiger partial charge is 0.339 e. The molecule has 122 valence electrons. The second-order valence-electron chi connectivity index (χ2n) is 4.92. The third-order valence-electron chi connectivity index (χ3n) is 3.11. The average Bonchev–Trinajstić information content (AvgIpc) is 2.98. The molecule has 0 bridgehead atoms. The Kier molecular flexibility index (Phi) is 4.19. The van der Waals surface area contributed by atoms with E-state index in [-0.39, 0.29) is 5.69 Å². The van der Waals surface area contributed by atoms with Gasteiger partial charge in [0, 0.05) is 29.9 Å². The van der Waals surface area contributed by atoms with Gasteiger partial charge < -0.3 is 15.2 Å². The van der Waals surface area contributed by atoms with E-state index >= 15 is 0 Å². The highest BCUT2D eigenvalue weighted by molar-refractivity contribution is 5.99. The SMILES string of the molecule is Cc1nc(-c2ccc(NC(=O)Nc3ccc(F)c(F)c3)cc2)no1. The van der Waals surface area contributed by atoms with E-state index in [1.807, 2.05) is 0 Å². The number of aromatic nitrogens is 2. The Labute approximate surface area is 135 Å². The summed E-state index contributed by atoms with van der Waals surface area (Å²) in [6.07, 6.45) is 0. The second kappa shape index (κ2) is 6.45. The number of halogens is 2. The van der Waals surface area contributed by atoms with Crippen molar-refractivity contribution in [3.8, 4) is 11.4 Å². The van der Waals surface area contributed by atoms with Crippen molar-refractivity contribution in [2.75, 3.05) is 10.6 Å². The van der Waals surface area contributed by atoms with Crippen LogP contribution < -0.4 is 10.6 Å². The summed E-state index contributed by atoms with van der Waals surface area (Å²) in [7, 11) is 0. The summed E-state index contributed by atoms with van der Waals surface area (Å²) in [5.41, 5.74) is 1.39. The number of hydrogen-bond donors (Lipinski definition) is 2. The van der Waals surface area contributed by atoms with Crippen LogP contribution in [0, 0.1) is 18.6 Å². The van der Waals surface area contributed by atoms with Crippen LogP contribution in [0.25, 0.3) is 11.4 Å². The minimum atomic E-state index is -1.03. The number of anilines is 2. The molecule has 0 saturated carbocycles. The summed E-state index contributed by atoms with van der Waals surface area (Å²) < 4.78 is 30.8. The van der Waals surface area contributed by atoms with Crippen molar-refractivity contribution in [3.63, 3.8) is 0 Å². The van der Waals surface area contributed by atoms with E-state index in [0.717, 1.165) is 17.7 Å². The third kappa shape index (κ3) is 3.54. The summed E-state index contributed by atoms with van der Waals surface area (Å²) in [4.78, 5) is 16.0. The molecule has 0 aliphatic carbocycles. The maximum atomic E-state index is 13.1. The highest BCUT2D eigenvalue weighted by Crippen LogP contribution is 2.19. The molecule has 0 spiro atoms. The molecule has 0 atom stereocenters. The van der Waals surface area contributed by atoms with E-state index in [4.69, 9.17) is 4.52 Å². The Morgan fingerprint density at radius 2 is 1.67 bits per heavy atom. The fraction of sp³-hybridized carbons (Fsp3) is 0.0625. The maximum Gasteiger partial charge on any atom is 0.323 e. The van der Waals surface area contributed by atoms with E-state index in [1.54, 1.807) is 31.2 Å². The van der Waals surface area contributed by atoms with Crippen molar-refractivity contribution in [2.45, 2.75) is 6.92 Å². The number of urea groups is 1. The van der Waals surface area contributed by atoms with Crippen LogP contribution in [0.15, 0.2) is 47.0 Å². The number of aryl methyl sites for hydroxylation is 1. The van der Waals surface area contributed by atoms with Crippen molar-refractivity contribution in [1.29, 1.82) is 0 Å². The van der Waals surface area contributed by atoms with Gasteiger partial charge in [-0.3, -0.25) is 0 Å². The molecule has 3 aromatic rings. The van der Waals surface area contributed by atoms with Crippen LogP contribution in [-0.2, 0) is 0 Å². The van der Waals surface area contributed by atoms with Crippen LogP contribution in [0.3, 0.4) is 0 Å². The molecule has 2 aromatic carbocycles. The summed E-state index contributed by atoms with van der Waals surface area (Å²) in [5.74, 6) is -1.11. The summed E-state index contributed by atoms with van der Waals surface area (Å²) in [6, 6.07) is 9.28. The van der Waals surface area contributed by atoms with Crippen molar-refractivity contribution in [3.05, 3.63) is 60.0 Å². The van der Waals surface area contributed by atoms with Crippen LogP contribution >= 0.6 is 0 Å². The van der Waals surface area contributed by atoms with Crippen molar-refractivity contribution in [2.24, 2.45) is 0 Å². The molecule has 0 radical (unpaired) electrons. The summed E-state index contributed by atoms with van der Waals surface area (Å²) in [5, 5.41) is 8.79. The molecule has 8 heteroatoms. The van der Waals surface area contributed by atoms with E-state index in [1.165, 1.54) is 6.07 Å². The topological polar surface area (TPSA) is 80.0 Å². The van der Waals surface area contributed by atoms with Crippen LogP contribution in [0.5, 0.6) is 0 Å². The van der Waals surface area contributed by atoms with Crippen LogP contribution in [0.4, 0.5) is 25.0 Å². The van der Waals surface area contributed by atoms with Gasteiger partial charge in [0.15, 0.2) is 11.6 Å². The van der Waals surface area contributed by atoms with Crippen LogP contribution in [-0.4, -0.2) is 16.2 Å². The molecule has 0 aliphatic heterocycles. The number of benzene rings is 2. The number of carbonyl (C=O) groups is 1. The first-order valence-electron chi connectivity index (χ1n) is 6.95. The van der Waals surface area contributed by atoms with Gasteiger partial charge in [-0.25, -0.2) is 13.6 Å². The van der Waals surface area contributed by atoms with E-state index < -0.39 is 17.7 Å². The molecule has 2 N–H and O–H groups in total. The lowest BCUT2D eigenvalue weighted by molar-refractivity contribution is 0.262. The minimum Gasteiger partial charge on any atom is -0.339 e. The lowest BCUT2D eigenvalue weighted by Crippen LogP contribution is -2.19. The monoisotopic (exact) mass is 330 g/mol. The highest BCUT2D eigenvalue weighted by atomic mass is 19.2. The van der Waals surface area contributed by atoms with Gasteiger partial charge in [-0.2, -0.15) is 4.98 Å². The Morgan fingerprint density at radius 1 is 1.00 bits per heavy atom. The zero-order valence-electron chi connectivity index (χ0n) is 12.5. The van der Waals surface area contributed by atoms with Gasteiger partial charge in [-0.1, -0.05) is 5.16 Å². The summed E-state index contributed by atoms with van der Waals surface area (Å²) >= 11 is 0. The Balaban J connectivity index is 1.65. The lowest BCUT2D eigenvalue weighted by Gasteiger charge is -2.08. The van der Waals surface area contributed by atoms with Gasteiger partial charge in [0.25, 0.3) is 0 Å². The molecule has 6 nitrogen and oxygen atoms in total. The van der Waals surface area contributed by atoms with Crippen molar-refractivity contribution >= 4 is 17.4 Å². The number of carbonyl (C=O) groups excluding carboxylic acids is 1. The number of nitrogens with one attached hydrogen (secondary N) is 2. The maximum absolute atomic E-state index is 13.1. The zero-order chi connectivity index (χ0) is 17.1. The Bertz CT molecular complexity index is 878. The fourth-order valence-corrected chi connectivity index (χ4v) is 1.99. The standard InChI is InChI=1S/C16H12F2N4O2/c1-9-19-15(22-24-9)10-2-4-11(5-3-10)20-16(23)21-12-6-7-13(17)14(18)8-12/h2-8H,1H3,(H2,20,21,23). The normalized spacial score (nSPS) is 10.5. The number of rotatable bonds is 3. The van der Waals surface area contributed by atoms with Crippen molar-refractivity contribution in [1.82, 2.24) is 10.1 Å². The van der Waals surface area contributed by atoms with E-state index in [9.17, 15) is 13.6 Å². The molecular weight excluding hydrogens is 318 g/mol. The quantitative estimate of drug-likeness (QED) is 0.761. The predicted octanol–water partition coefficient (Wildman–Crippen LogP) is 3.97. The minimum absolute atomic E-state index is 0.144. The molecule has 1 heterocycles. The molecule has 0 fully saturated rings. The first-order valence-corrected chi connectivity index (χ1v) is 6.95. The van der Waals surface area contributed by atoms with E-state index in [2.05, 4.69) is 20.8 Å². The van der Waals surface area contributed by atoms with Gasteiger partial charge >= 0.3 is 6.03 Å². The number of amides is 2.